The summed E-state index contributed by atoms with van der Waals surface area (Å²) in [6.45, 7) is 1.83. The topological polar surface area (TPSA) is 81.9 Å². The zero-order valence-corrected chi connectivity index (χ0v) is 15.7. The molecule has 0 aliphatic heterocycles. The van der Waals surface area contributed by atoms with E-state index in [1.54, 1.807) is 6.92 Å². The van der Waals surface area contributed by atoms with Gasteiger partial charge in [-0.1, -0.05) is 17.7 Å². The van der Waals surface area contributed by atoms with E-state index in [2.05, 4.69) is 0 Å². The lowest BCUT2D eigenvalue weighted by Crippen LogP contribution is -2.27. The zero-order valence-electron chi connectivity index (χ0n) is 15.0. The van der Waals surface area contributed by atoms with Crippen LogP contribution in [-0.2, 0) is 6.54 Å². The molecule has 2 aromatic rings. The number of nitro groups is 1. The highest BCUT2D eigenvalue weighted by Crippen LogP contribution is 2.35. The number of amides is 1. The minimum absolute atomic E-state index is 0.121. The average molecular weight is 397 g/mol. The Morgan fingerprint density at radius 2 is 2.04 bits per heavy atom. The highest BCUT2D eigenvalue weighted by atomic mass is 35.5. The van der Waals surface area contributed by atoms with Crippen molar-refractivity contribution >= 4 is 23.2 Å². The van der Waals surface area contributed by atoms with Crippen LogP contribution in [-0.4, -0.2) is 36.5 Å². The van der Waals surface area contributed by atoms with Crippen molar-refractivity contribution < 1.29 is 23.6 Å². The molecular weight excluding hydrogens is 379 g/mol. The van der Waals surface area contributed by atoms with Gasteiger partial charge in [-0.3, -0.25) is 14.9 Å². The van der Waals surface area contributed by atoms with Crippen LogP contribution in [0.25, 0.3) is 0 Å². The number of hydrogen-bond acceptors (Lipinski definition) is 5. The Labute approximate surface area is 160 Å². The molecule has 0 atom stereocenters. The summed E-state index contributed by atoms with van der Waals surface area (Å²) < 4.78 is 24.5. The van der Waals surface area contributed by atoms with E-state index in [0.717, 1.165) is 11.0 Å². The van der Waals surface area contributed by atoms with E-state index in [-0.39, 0.29) is 40.8 Å². The molecule has 7 nitrogen and oxygen atoms in total. The maximum Gasteiger partial charge on any atom is 0.286 e. The van der Waals surface area contributed by atoms with E-state index in [1.165, 1.54) is 38.4 Å². The number of methoxy groups -OCH3 is 1. The minimum Gasteiger partial charge on any atom is -0.493 e. The first kappa shape index (κ1) is 20.4. The van der Waals surface area contributed by atoms with E-state index in [1.807, 2.05) is 0 Å². The van der Waals surface area contributed by atoms with Crippen LogP contribution in [0, 0.1) is 15.9 Å². The fourth-order valence-electron chi connectivity index (χ4n) is 2.50. The van der Waals surface area contributed by atoms with Crippen molar-refractivity contribution in [2.24, 2.45) is 0 Å². The van der Waals surface area contributed by atoms with Crippen LogP contribution in [0.3, 0.4) is 0 Å². The van der Waals surface area contributed by atoms with Crippen molar-refractivity contribution in [3.8, 4) is 11.5 Å². The number of ether oxygens (including phenoxy) is 2. The summed E-state index contributed by atoms with van der Waals surface area (Å²) >= 11 is 5.99. The van der Waals surface area contributed by atoms with Crippen LogP contribution in [0.5, 0.6) is 11.5 Å². The van der Waals surface area contributed by atoms with Crippen LogP contribution in [0.15, 0.2) is 30.3 Å². The zero-order chi connectivity index (χ0) is 20.1. The molecule has 0 N–H and O–H groups in total. The summed E-state index contributed by atoms with van der Waals surface area (Å²) in [7, 11) is 2.76. The molecule has 0 saturated heterocycles. The van der Waals surface area contributed by atoms with Gasteiger partial charge in [0, 0.05) is 30.2 Å². The SMILES string of the molecule is CCOc1cc([N+](=O)[O-])c(C(=O)N(C)Cc2c(F)cccc2Cl)cc1OC. The van der Waals surface area contributed by atoms with Crippen molar-refractivity contribution in [1.82, 2.24) is 4.90 Å². The highest BCUT2D eigenvalue weighted by Gasteiger charge is 2.27. The molecule has 2 rings (SSSR count). The number of carbonyl (C=O) groups excluding carboxylic acids is 1. The standard InChI is InChI=1S/C18H18ClFN2O5/c1-4-27-17-9-15(22(24)25)11(8-16(17)26-3)18(23)21(2)10-12-13(19)6-5-7-14(12)20/h5-9H,4,10H2,1-3H3. The quantitative estimate of drug-likeness (QED) is 0.520. The van der Waals surface area contributed by atoms with Gasteiger partial charge in [0.1, 0.15) is 11.4 Å². The van der Waals surface area contributed by atoms with Crippen molar-refractivity contribution in [2.45, 2.75) is 13.5 Å². The van der Waals surface area contributed by atoms with Gasteiger partial charge in [-0.25, -0.2) is 4.39 Å². The summed E-state index contributed by atoms with van der Waals surface area (Å²) in [5.41, 5.74) is -0.512. The number of benzene rings is 2. The van der Waals surface area contributed by atoms with Crippen LogP contribution >= 0.6 is 11.6 Å². The molecule has 0 saturated carbocycles. The van der Waals surface area contributed by atoms with Gasteiger partial charge in [-0.15, -0.1) is 0 Å². The monoisotopic (exact) mass is 396 g/mol. The van der Waals surface area contributed by atoms with Crippen molar-refractivity contribution in [1.29, 1.82) is 0 Å². The Kier molecular flexibility index (Phi) is 6.57. The number of carbonyl (C=O) groups is 1. The number of rotatable bonds is 7. The Balaban J connectivity index is 2.43. The van der Waals surface area contributed by atoms with E-state index >= 15 is 0 Å². The predicted octanol–water partition coefficient (Wildman–Crippen LogP) is 4.07. The molecule has 0 fully saturated rings. The Bertz CT molecular complexity index is 855. The molecule has 9 heteroatoms. The van der Waals surface area contributed by atoms with E-state index < -0.39 is 22.3 Å². The molecular formula is C18H18ClFN2O5. The molecule has 144 valence electrons. The molecule has 0 aromatic heterocycles. The Hall–Kier alpha value is -2.87. The molecule has 0 heterocycles. The Morgan fingerprint density at radius 1 is 1.33 bits per heavy atom. The third-order valence-electron chi connectivity index (χ3n) is 3.81. The molecule has 1 amide bonds. The summed E-state index contributed by atoms with van der Waals surface area (Å²) in [5.74, 6) is -0.908. The van der Waals surface area contributed by atoms with Gasteiger partial charge in [0.25, 0.3) is 11.6 Å². The molecule has 2 aromatic carbocycles. The maximum absolute atomic E-state index is 14.0. The number of hydrogen-bond donors (Lipinski definition) is 0. The second-order valence-corrected chi connectivity index (χ2v) is 5.98. The van der Waals surface area contributed by atoms with Gasteiger partial charge in [-0.05, 0) is 19.1 Å². The minimum atomic E-state index is -0.681. The second-order valence-electron chi connectivity index (χ2n) is 5.57. The van der Waals surface area contributed by atoms with E-state index in [0.29, 0.717) is 0 Å². The molecule has 0 radical (unpaired) electrons. The van der Waals surface area contributed by atoms with E-state index in [9.17, 15) is 19.3 Å². The molecule has 0 aliphatic rings. The lowest BCUT2D eigenvalue weighted by atomic mass is 10.1. The third kappa shape index (κ3) is 4.46. The van der Waals surface area contributed by atoms with Crippen LogP contribution in [0.2, 0.25) is 5.02 Å². The summed E-state index contributed by atoms with van der Waals surface area (Å²) in [5, 5.41) is 11.6. The lowest BCUT2D eigenvalue weighted by molar-refractivity contribution is -0.385. The van der Waals surface area contributed by atoms with Gasteiger partial charge in [0.2, 0.25) is 0 Å². The molecule has 0 spiro atoms. The highest BCUT2D eigenvalue weighted by molar-refractivity contribution is 6.31. The first-order valence-electron chi connectivity index (χ1n) is 7.97. The maximum atomic E-state index is 14.0. The summed E-state index contributed by atoms with van der Waals surface area (Å²) in [6.07, 6.45) is 0. The second kappa shape index (κ2) is 8.68. The van der Waals surface area contributed by atoms with Crippen molar-refractivity contribution in [2.75, 3.05) is 20.8 Å². The van der Waals surface area contributed by atoms with Crippen molar-refractivity contribution in [3.63, 3.8) is 0 Å². The molecule has 0 bridgehead atoms. The van der Waals surface area contributed by atoms with Gasteiger partial charge in [-0.2, -0.15) is 0 Å². The summed E-state index contributed by atoms with van der Waals surface area (Å²) in [6, 6.07) is 6.55. The molecule has 0 aliphatic carbocycles. The lowest BCUT2D eigenvalue weighted by Gasteiger charge is -2.19. The smallest absolute Gasteiger partial charge is 0.286 e. The van der Waals surface area contributed by atoms with Crippen LogP contribution in [0.1, 0.15) is 22.8 Å². The Morgan fingerprint density at radius 3 is 2.59 bits per heavy atom. The van der Waals surface area contributed by atoms with Crippen LogP contribution in [0.4, 0.5) is 10.1 Å². The largest absolute Gasteiger partial charge is 0.493 e. The first-order valence-corrected chi connectivity index (χ1v) is 8.35. The van der Waals surface area contributed by atoms with Gasteiger partial charge >= 0.3 is 0 Å². The molecule has 27 heavy (non-hydrogen) atoms. The summed E-state index contributed by atoms with van der Waals surface area (Å²) in [4.78, 5) is 24.7. The van der Waals surface area contributed by atoms with Gasteiger partial charge in [0.05, 0.1) is 24.7 Å². The predicted molar refractivity (Wildman–Crippen MR) is 98.0 cm³/mol. The average Bonchev–Trinajstić information content (AvgIpc) is 2.63. The third-order valence-corrected chi connectivity index (χ3v) is 4.17. The normalized spacial score (nSPS) is 10.4. The van der Waals surface area contributed by atoms with E-state index in [4.69, 9.17) is 21.1 Å². The number of nitro benzene ring substituents is 1. The fraction of sp³-hybridized carbons (Fsp3) is 0.278. The fourth-order valence-corrected chi connectivity index (χ4v) is 2.72. The van der Waals surface area contributed by atoms with Gasteiger partial charge < -0.3 is 14.4 Å². The van der Waals surface area contributed by atoms with Gasteiger partial charge in [0.15, 0.2) is 11.5 Å². The number of halogens is 2. The van der Waals surface area contributed by atoms with Crippen molar-refractivity contribution in [3.05, 3.63) is 62.4 Å². The van der Waals surface area contributed by atoms with Crippen LogP contribution < -0.4 is 9.47 Å². The number of nitrogens with zero attached hydrogens (tertiary/aromatic N) is 2. The first-order chi connectivity index (χ1) is 12.8. The molecule has 0 unspecified atom stereocenters.